The summed E-state index contributed by atoms with van der Waals surface area (Å²) in [5.74, 6) is -3.19. The van der Waals surface area contributed by atoms with Crippen LogP contribution in [0.2, 0.25) is 5.02 Å². The number of para-hydroxylation sites is 1. The zero-order valence-corrected chi connectivity index (χ0v) is 16.1. The molecular weight excluding hydrogens is 396 g/mol. The zero-order chi connectivity index (χ0) is 20.8. The van der Waals surface area contributed by atoms with Gasteiger partial charge in [0.1, 0.15) is 17.3 Å². The maximum Gasteiger partial charge on any atom is 0.339 e. The fourth-order valence-electron chi connectivity index (χ4n) is 2.25. The van der Waals surface area contributed by atoms with Gasteiger partial charge in [0, 0.05) is 0 Å². The van der Waals surface area contributed by atoms with Crippen LogP contribution in [-0.4, -0.2) is 31.7 Å². The lowest BCUT2D eigenvalue weighted by atomic mass is 10.2. The van der Waals surface area contributed by atoms with Gasteiger partial charge in [0.15, 0.2) is 17.6 Å². The Labute approximate surface area is 165 Å². The van der Waals surface area contributed by atoms with Crippen LogP contribution in [0.4, 0.5) is 14.5 Å². The number of nitrogens with one attached hydrogen (secondary N) is 1. The lowest BCUT2D eigenvalue weighted by Gasteiger charge is -2.16. The summed E-state index contributed by atoms with van der Waals surface area (Å²) in [5.41, 5.74) is -0.608. The second kappa shape index (κ2) is 9.36. The van der Waals surface area contributed by atoms with Gasteiger partial charge in [-0.2, -0.15) is 0 Å². The number of esters is 1. The number of carbonyl (C=O) groups is 2. The van der Waals surface area contributed by atoms with E-state index in [2.05, 4.69) is 5.32 Å². The van der Waals surface area contributed by atoms with Gasteiger partial charge in [0.2, 0.25) is 0 Å². The summed E-state index contributed by atoms with van der Waals surface area (Å²) in [4.78, 5) is 24.5. The van der Waals surface area contributed by atoms with E-state index >= 15 is 0 Å². The van der Waals surface area contributed by atoms with Gasteiger partial charge in [-0.05, 0) is 38.1 Å². The number of rotatable bonds is 7. The Morgan fingerprint density at radius 1 is 1.21 bits per heavy atom. The maximum absolute atomic E-state index is 13.6. The monoisotopic (exact) mass is 413 g/mol. The summed E-state index contributed by atoms with van der Waals surface area (Å²) in [6.07, 6.45) is -1.33. The molecule has 1 atom stereocenters. The highest BCUT2D eigenvalue weighted by atomic mass is 35.5. The number of ether oxygens (including phenoxy) is 3. The number of hydrogen-bond donors (Lipinski definition) is 1. The average molecular weight is 414 g/mol. The number of halogens is 3. The molecule has 2 aromatic rings. The van der Waals surface area contributed by atoms with E-state index in [0.717, 1.165) is 18.2 Å². The minimum atomic E-state index is -1.33. The number of hydrogen-bond acceptors (Lipinski definition) is 5. The van der Waals surface area contributed by atoms with Crippen molar-refractivity contribution in [2.24, 2.45) is 0 Å². The molecule has 1 N–H and O–H groups in total. The molecule has 0 aliphatic rings. The molecule has 0 spiro atoms. The lowest BCUT2D eigenvalue weighted by Crippen LogP contribution is -2.30. The summed E-state index contributed by atoms with van der Waals surface area (Å²) in [5, 5.41) is 2.18. The van der Waals surface area contributed by atoms with Gasteiger partial charge in [-0.15, -0.1) is 0 Å². The highest BCUT2D eigenvalue weighted by Crippen LogP contribution is 2.36. The third kappa shape index (κ3) is 4.89. The normalized spacial score (nSPS) is 11.5. The Hall–Kier alpha value is -2.87. The van der Waals surface area contributed by atoms with Gasteiger partial charge in [0.25, 0.3) is 5.91 Å². The first-order valence-corrected chi connectivity index (χ1v) is 8.62. The van der Waals surface area contributed by atoms with Gasteiger partial charge >= 0.3 is 5.97 Å². The van der Waals surface area contributed by atoms with Gasteiger partial charge in [-0.25, -0.2) is 13.6 Å². The molecule has 9 heteroatoms. The van der Waals surface area contributed by atoms with Crippen molar-refractivity contribution in [2.75, 3.05) is 19.0 Å². The van der Waals surface area contributed by atoms with E-state index in [0.29, 0.717) is 6.61 Å². The first-order valence-electron chi connectivity index (χ1n) is 8.24. The molecule has 0 fully saturated rings. The topological polar surface area (TPSA) is 73.9 Å². The van der Waals surface area contributed by atoms with Crippen LogP contribution in [0.3, 0.4) is 0 Å². The minimum absolute atomic E-state index is 0.0158. The highest BCUT2D eigenvalue weighted by molar-refractivity contribution is 6.32. The lowest BCUT2D eigenvalue weighted by molar-refractivity contribution is -0.123. The largest absolute Gasteiger partial charge is 0.493 e. The predicted molar refractivity (Wildman–Crippen MR) is 99.0 cm³/mol. The summed E-state index contributed by atoms with van der Waals surface area (Å²) in [6.45, 7) is 3.36. The standard InChI is InChI=1S/C19H18ClF2NO5/c1-4-27-17-12(20)8-11(9-15(17)26-3)19(25)28-10(2)18(24)23-16-13(21)6-5-7-14(16)22/h5-10H,4H2,1-3H3,(H,23,24)/t10-/m0/s1. The summed E-state index contributed by atoms with van der Waals surface area (Å²) >= 11 is 6.10. The second-order valence-corrected chi connectivity index (χ2v) is 5.96. The van der Waals surface area contributed by atoms with Gasteiger partial charge < -0.3 is 19.5 Å². The third-order valence-electron chi connectivity index (χ3n) is 3.62. The van der Waals surface area contributed by atoms with Crippen molar-refractivity contribution in [3.63, 3.8) is 0 Å². The van der Waals surface area contributed by atoms with Gasteiger partial charge in [-0.1, -0.05) is 17.7 Å². The number of carbonyl (C=O) groups excluding carboxylic acids is 2. The minimum Gasteiger partial charge on any atom is -0.493 e. The van der Waals surface area contributed by atoms with E-state index in [-0.39, 0.29) is 22.1 Å². The molecule has 0 aliphatic heterocycles. The zero-order valence-electron chi connectivity index (χ0n) is 15.3. The second-order valence-electron chi connectivity index (χ2n) is 5.56. The molecule has 0 aliphatic carbocycles. The van der Waals surface area contributed by atoms with E-state index in [1.807, 2.05) is 0 Å². The summed E-state index contributed by atoms with van der Waals surface area (Å²) in [7, 11) is 1.38. The molecule has 2 aromatic carbocycles. The molecule has 1 amide bonds. The molecule has 0 saturated carbocycles. The SMILES string of the molecule is CCOc1c(Cl)cc(C(=O)O[C@@H](C)C(=O)Nc2c(F)cccc2F)cc1OC. The van der Waals surface area contributed by atoms with E-state index in [1.54, 1.807) is 6.92 Å². The Morgan fingerprint density at radius 2 is 1.86 bits per heavy atom. The predicted octanol–water partition coefficient (Wildman–Crippen LogP) is 4.21. The van der Waals surface area contributed by atoms with Crippen LogP contribution < -0.4 is 14.8 Å². The van der Waals surface area contributed by atoms with Crippen molar-refractivity contribution in [1.29, 1.82) is 0 Å². The van der Waals surface area contributed by atoms with Crippen molar-refractivity contribution >= 4 is 29.2 Å². The molecule has 28 heavy (non-hydrogen) atoms. The van der Waals surface area contributed by atoms with E-state index in [1.165, 1.54) is 26.2 Å². The Kier molecular flexibility index (Phi) is 7.17. The molecule has 0 heterocycles. The molecule has 2 rings (SSSR count). The van der Waals surface area contributed by atoms with Crippen LogP contribution in [0.25, 0.3) is 0 Å². The molecule has 6 nitrogen and oxygen atoms in total. The van der Waals surface area contributed by atoms with Crippen molar-refractivity contribution in [2.45, 2.75) is 20.0 Å². The fourth-order valence-corrected chi connectivity index (χ4v) is 2.51. The van der Waals surface area contributed by atoms with Gasteiger partial charge in [-0.3, -0.25) is 4.79 Å². The van der Waals surface area contributed by atoms with E-state index in [9.17, 15) is 18.4 Å². The molecule has 0 unspecified atom stereocenters. The molecule has 0 aromatic heterocycles. The molecule has 0 saturated heterocycles. The quantitative estimate of drug-likeness (QED) is 0.688. The van der Waals surface area contributed by atoms with Crippen molar-refractivity contribution in [3.05, 3.63) is 52.6 Å². The fraction of sp³-hybridized carbons (Fsp3) is 0.263. The van der Waals surface area contributed by atoms with E-state index in [4.69, 9.17) is 25.8 Å². The number of anilines is 1. The average Bonchev–Trinajstić information content (AvgIpc) is 2.65. The summed E-state index contributed by atoms with van der Waals surface area (Å²) < 4.78 is 42.8. The Morgan fingerprint density at radius 3 is 2.43 bits per heavy atom. The highest BCUT2D eigenvalue weighted by Gasteiger charge is 2.23. The first-order chi connectivity index (χ1) is 13.3. The van der Waals surface area contributed by atoms with Crippen LogP contribution in [0.5, 0.6) is 11.5 Å². The number of methoxy groups -OCH3 is 1. The van der Waals surface area contributed by atoms with Gasteiger partial charge in [0.05, 0.1) is 24.3 Å². The molecule has 0 radical (unpaired) electrons. The van der Waals surface area contributed by atoms with Crippen molar-refractivity contribution in [3.8, 4) is 11.5 Å². The van der Waals surface area contributed by atoms with Crippen LogP contribution in [0, 0.1) is 11.6 Å². The van der Waals surface area contributed by atoms with Crippen LogP contribution in [0.1, 0.15) is 24.2 Å². The van der Waals surface area contributed by atoms with Crippen molar-refractivity contribution in [1.82, 2.24) is 0 Å². The summed E-state index contributed by atoms with van der Waals surface area (Å²) in [6, 6.07) is 5.79. The Bertz CT molecular complexity index is 871. The number of benzene rings is 2. The van der Waals surface area contributed by atoms with E-state index < -0.39 is 35.3 Å². The van der Waals surface area contributed by atoms with Crippen LogP contribution in [-0.2, 0) is 9.53 Å². The van der Waals surface area contributed by atoms with Crippen LogP contribution >= 0.6 is 11.6 Å². The number of amides is 1. The molecule has 0 bridgehead atoms. The van der Waals surface area contributed by atoms with Crippen LogP contribution in [0.15, 0.2) is 30.3 Å². The third-order valence-corrected chi connectivity index (χ3v) is 3.90. The molecular formula is C19H18ClF2NO5. The smallest absolute Gasteiger partial charge is 0.339 e. The maximum atomic E-state index is 13.6. The Balaban J connectivity index is 2.13. The van der Waals surface area contributed by atoms with Crippen molar-refractivity contribution < 1.29 is 32.6 Å². The molecule has 150 valence electrons. The first kappa shape index (κ1) is 21.4.